The minimum atomic E-state index is -0.391. The molecule has 0 unspecified atom stereocenters. The van der Waals surface area contributed by atoms with Crippen molar-refractivity contribution in [3.05, 3.63) is 40.8 Å². The molecule has 1 aromatic heterocycles. The molecule has 0 spiro atoms. The van der Waals surface area contributed by atoms with Crippen molar-refractivity contribution in [3.63, 3.8) is 0 Å². The van der Waals surface area contributed by atoms with Gasteiger partial charge in [0, 0.05) is 0 Å². The Morgan fingerprint density at radius 1 is 1.36 bits per heavy atom. The lowest BCUT2D eigenvalue weighted by atomic mass is 9.94. The lowest BCUT2D eigenvalue weighted by Gasteiger charge is -2.28. The van der Waals surface area contributed by atoms with Crippen LogP contribution in [-0.4, -0.2) is 24.4 Å². The van der Waals surface area contributed by atoms with Gasteiger partial charge in [-0.2, -0.15) is 0 Å². The van der Waals surface area contributed by atoms with Crippen LogP contribution in [0.3, 0.4) is 0 Å². The predicted octanol–water partition coefficient (Wildman–Crippen LogP) is 4.31. The van der Waals surface area contributed by atoms with Crippen LogP contribution in [0, 0.1) is 0 Å². The number of thioether (sulfide) groups is 1. The highest BCUT2D eigenvalue weighted by Gasteiger charge is 2.24. The Balaban J connectivity index is 2.32. The summed E-state index contributed by atoms with van der Waals surface area (Å²) in [7, 11) is 1.38. The first-order chi connectivity index (χ1) is 10.4. The second-order valence-corrected chi connectivity index (χ2v) is 7.43. The van der Waals surface area contributed by atoms with E-state index in [1.807, 2.05) is 38.3 Å². The number of carbonyl (C=O) groups excluding carboxylic acids is 1. The number of rotatable bonds is 5. The standard InChI is InChI=1S/C16H19NO3S2/c1-16(2,10-6-5-7-11(18)8-10)17-12-9-13(14(19)20-3)22-15(12)21-4/h5-9,17-18H,1-4H3. The quantitative estimate of drug-likeness (QED) is 0.629. The second kappa shape index (κ2) is 6.62. The van der Waals surface area contributed by atoms with Gasteiger partial charge in [-0.05, 0) is 43.9 Å². The van der Waals surface area contributed by atoms with E-state index in [2.05, 4.69) is 5.32 Å². The summed E-state index contributed by atoms with van der Waals surface area (Å²) in [6, 6.07) is 8.97. The summed E-state index contributed by atoms with van der Waals surface area (Å²) < 4.78 is 5.80. The molecule has 0 aliphatic carbocycles. The molecular formula is C16H19NO3S2. The molecule has 0 radical (unpaired) electrons. The van der Waals surface area contributed by atoms with Crippen molar-refractivity contribution >= 4 is 34.8 Å². The zero-order chi connectivity index (χ0) is 16.3. The van der Waals surface area contributed by atoms with E-state index in [0.717, 1.165) is 15.5 Å². The van der Waals surface area contributed by atoms with E-state index < -0.39 is 5.54 Å². The fourth-order valence-electron chi connectivity index (χ4n) is 2.12. The molecule has 2 rings (SSSR count). The lowest BCUT2D eigenvalue weighted by Crippen LogP contribution is -2.27. The zero-order valence-corrected chi connectivity index (χ0v) is 14.6. The number of ether oxygens (including phenoxy) is 1. The van der Waals surface area contributed by atoms with Crippen LogP contribution in [-0.2, 0) is 10.3 Å². The number of aromatic hydroxyl groups is 1. The van der Waals surface area contributed by atoms with Gasteiger partial charge in [-0.15, -0.1) is 23.1 Å². The van der Waals surface area contributed by atoms with Crippen molar-refractivity contribution in [1.29, 1.82) is 0 Å². The number of phenols is 1. The molecule has 1 aromatic carbocycles. The summed E-state index contributed by atoms with van der Waals surface area (Å²) in [6.07, 6.45) is 1.97. The average molecular weight is 337 g/mol. The Morgan fingerprint density at radius 2 is 2.09 bits per heavy atom. The van der Waals surface area contributed by atoms with Crippen LogP contribution in [0.4, 0.5) is 5.69 Å². The van der Waals surface area contributed by atoms with E-state index in [0.29, 0.717) is 4.88 Å². The van der Waals surface area contributed by atoms with Gasteiger partial charge in [0.25, 0.3) is 0 Å². The summed E-state index contributed by atoms with van der Waals surface area (Å²) in [5, 5.41) is 13.1. The number of phenolic OH excluding ortho intramolecular Hbond substituents is 1. The van der Waals surface area contributed by atoms with E-state index in [-0.39, 0.29) is 11.7 Å². The number of nitrogens with one attached hydrogen (secondary N) is 1. The SMILES string of the molecule is COC(=O)c1cc(NC(C)(C)c2cccc(O)c2)c(SC)s1. The lowest BCUT2D eigenvalue weighted by molar-refractivity contribution is 0.0606. The normalized spacial score (nSPS) is 11.3. The molecule has 22 heavy (non-hydrogen) atoms. The van der Waals surface area contributed by atoms with E-state index in [4.69, 9.17) is 4.74 Å². The fourth-order valence-corrected chi connectivity index (χ4v) is 3.81. The number of hydrogen-bond donors (Lipinski definition) is 2. The molecular weight excluding hydrogens is 318 g/mol. The van der Waals surface area contributed by atoms with Gasteiger partial charge in [-0.3, -0.25) is 0 Å². The maximum Gasteiger partial charge on any atom is 0.348 e. The Hall–Kier alpha value is -1.66. The minimum absolute atomic E-state index is 0.234. The third-order valence-electron chi connectivity index (χ3n) is 3.28. The summed E-state index contributed by atoms with van der Waals surface area (Å²) in [6.45, 7) is 4.06. The van der Waals surface area contributed by atoms with E-state index in [1.165, 1.54) is 18.4 Å². The average Bonchev–Trinajstić information content (AvgIpc) is 2.88. The van der Waals surface area contributed by atoms with Crippen LogP contribution in [0.1, 0.15) is 29.1 Å². The number of methoxy groups -OCH3 is 1. The molecule has 1 heterocycles. The van der Waals surface area contributed by atoms with Gasteiger partial charge in [-0.1, -0.05) is 12.1 Å². The van der Waals surface area contributed by atoms with Crippen molar-refractivity contribution < 1.29 is 14.6 Å². The molecule has 0 aliphatic heterocycles. The number of esters is 1. The highest BCUT2D eigenvalue weighted by Crippen LogP contribution is 2.38. The van der Waals surface area contributed by atoms with Gasteiger partial charge in [0.05, 0.1) is 22.5 Å². The van der Waals surface area contributed by atoms with E-state index in [9.17, 15) is 9.90 Å². The Kier molecular flexibility index (Phi) is 5.03. The largest absolute Gasteiger partial charge is 0.508 e. The fraction of sp³-hybridized carbons (Fsp3) is 0.312. The first-order valence-electron chi connectivity index (χ1n) is 6.71. The molecule has 4 nitrogen and oxygen atoms in total. The van der Waals surface area contributed by atoms with Crippen LogP contribution < -0.4 is 5.32 Å². The highest BCUT2D eigenvalue weighted by molar-refractivity contribution is 8.00. The Morgan fingerprint density at radius 3 is 2.68 bits per heavy atom. The molecule has 6 heteroatoms. The van der Waals surface area contributed by atoms with Gasteiger partial charge in [-0.25, -0.2) is 4.79 Å². The zero-order valence-electron chi connectivity index (χ0n) is 13.0. The third kappa shape index (κ3) is 3.56. The number of carbonyl (C=O) groups is 1. The van der Waals surface area contributed by atoms with Gasteiger partial charge in [0.2, 0.25) is 0 Å². The van der Waals surface area contributed by atoms with Crippen LogP contribution in [0.15, 0.2) is 34.5 Å². The van der Waals surface area contributed by atoms with Gasteiger partial charge < -0.3 is 15.2 Å². The number of thiophene rings is 1. The van der Waals surface area contributed by atoms with Crippen LogP contribution in [0.2, 0.25) is 0 Å². The van der Waals surface area contributed by atoms with E-state index in [1.54, 1.807) is 23.9 Å². The van der Waals surface area contributed by atoms with Crippen LogP contribution >= 0.6 is 23.1 Å². The monoisotopic (exact) mass is 337 g/mol. The molecule has 0 aliphatic rings. The molecule has 118 valence electrons. The molecule has 0 fully saturated rings. The van der Waals surface area contributed by atoms with E-state index >= 15 is 0 Å². The van der Waals surface area contributed by atoms with Crippen molar-refractivity contribution in [2.45, 2.75) is 23.6 Å². The van der Waals surface area contributed by atoms with Crippen molar-refractivity contribution in [3.8, 4) is 5.75 Å². The van der Waals surface area contributed by atoms with Crippen molar-refractivity contribution in [2.75, 3.05) is 18.7 Å². The molecule has 2 N–H and O–H groups in total. The van der Waals surface area contributed by atoms with Gasteiger partial charge >= 0.3 is 5.97 Å². The molecule has 0 atom stereocenters. The Labute approximate surface area is 138 Å². The molecule has 0 bridgehead atoms. The summed E-state index contributed by atoms with van der Waals surface area (Å²) in [4.78, 5) is 12.3. The summed E-state index contributed by atoms with van der Waals surface area (Å²) >= 11 is 2.99. The van der Waals surface area contributed by atoms with Crippen molar-refractivity contribution in [2.24, 2.45) is 0 Å². The topological polar surface area (TPSA) is 58.6 Å². The summed E-state index contributed by atoms with van der Waals surface area (Å²) in [5.74, 6) is -0.0958. The first-order valence-corrected chi connectivity index (χ1v) is 8.75. The predicted molar refractivity (Wildman–Crippen MR) is 92.2 cm³/mol. The maximum atomic E-state index is 11.7. The smallest absolute Gasteiger partial charge is 0.348 e. The molecule has 0 saturated heterocycles. The number of anilines is 1. The molecule has 0 saturated carbocycles. The number of benzene rings is 1. The number of hydrogen-bond acceptors (Lipinski definition) is 6. The first kappa shape index (κ1) is 16.7. The second-order valence-electron chi connectivity index (χ2n) is 5.31. The highest BCUT2D eigenvalue weighted by atomic mass is 32.2. The summed E-state index contributed by atoms with van der Waals surface area (Å²) in [5.41, 5.74) is 1.47. The van der Waals surface area contributed by atoms with Gasteiger partial charge in [0.15, 0.2) is 0 Å². The molecule has 2 aromatic rings. The van der Waals surface area contributed by atoms with Crippen LogP contribution in [0.25, 0.3) is 0 Å². The minimum Gasteiger partial charge on any atom is -0.508 e. The Bertz CT molecular complexity index is 680. The van der Waals surface area contributed by atoms with Crippen molar-refractivity contribution in [1.82, 2.24) is 0 Å². The molecule has 0 amide bonds. The van der Waals surface area contributed by atoms with Crippen LogP contribution in [0.5, 0.6) is 5.75 Å². The maximum absolute atomic E-state index is 11.7. The van der Waals surface area contributed by atoms with Gasteiger partial charge in [0.1, 0.15) is 10.6 Å². The third-order valence-corrected chi connectivity index (χ3v) is 5.54.